The number of pyridine rings is 1. The molecule has 0 saturated carbocycles. The van der Waals surface area contributed by atoms with Gasteiger partial charge < -0.3 is 10.6 Å². The molecule has 0 radical (unpaired) electrons. The van der Waals surface area contributed by atoms with Gasteiger partial charge in [-0.2, -0.15) is 0 Å². The number of halogens is 2. The summed E-state index contributed by atoms with van der Waals surface area (Å²) in [5, 5.41) is 5.51. The van der Waals surface area contributed by atoms with Crippen molar-refractivity contribution in [3.05, 3.63) is 17.7 Å². The number of aromatic nitrogens is 1. The second-order valence-corrected chi connectivity index (χ2v) is 3.96. The smallest absolute Gasteiger partial charge is 0.168 e. The van der Waals surface area contributed by atoms with E-state index in [0.717, 1.165) is 18.9 Å². The Kier molecular flexibility index (Phi) is 5.12. The Morgan fingerprint density at radius 1 is 1.18 bits per heavy atom. The Bertz CT molecular complexity index is 365. The first-order valence-electron chi connectivity index (χ1n) is 5.90. The molecule has 1 rings (SSSR count). The molecule has 0 unspecified atom stereocenters. The molecule has 1 heterocycles. The van der Waals surface area contributed by atoms with Crippen molar-refractivity contribution in [2.45, 2.75) is 26.7 Å². The highest BCUT2D eigenvalue weighted by molar-refractivity contribution is 5.47. The van der Waals surface area contributed by atoms with Crippen LogP contribution < -0.4 is 10.6 Å². The molecule has 0 bridgehead atoms. The van der Waals surface area contributed by atoms with Crippen LogP contribution in [0.5, 0.6) is 0 Å². The molecule has 0 aromatic carbocycles. The van der Waals surface area contributed by atoms with Gasteiger partial charge in [-0.05, 0) is 5.92 Å². The van der Waals surface area contributed by atoms with Gasteiger partial charge in [0, 0.05) is 19.7 Å². The van der Waals surface area contributed by atoms with Crippen LogP contribution in [-0.4, -0.2) is 18.6 Å². The van der Waals surface area contributed by atoms with Crippen molar-refractivity contribution in [1.82, 2.24) is 4.98 Å². The van der Waals surface area contributed by atoms with E-state index in [4.69, 9.17) is 0 Å². The largest absolute Gasteiger partial charge is 0.371 e. The molecule has 17 heavy (non-hydrogen) atoms. The first kappa shape index (κ1) is 13.7. The van der Waals surface area contributed by atoms with E-state index in [2.05, 4.69) is 29.5 Å². The average molecular weight is 243 g/mol. The zero-order valence-electron chi connectivity index (χ0n) is 10.5. The van der Waals surface area contributed by atoms with E-state index in [0.29, 0.717) is 12.5 Å². The Balaban J connectivity index is 2.76. The number of nitrogens with one attached hydrogen (secondary N) is 2. The maximum Gasteiger partial charge on any atom is 0.168 e. The lowest BCUT2D eigenvalue weighted by Crippen LogP contribution is -2.15. The lowest BCUT2D eigenvalue weighted by molar-refractivity contribution is 0.514. The van der Waals surface area contributed by atoms with E-state index in [1.807, 2.05) is 0 Å². The summed E-state index contributed by atoms with van der Waals surface area (Å²) in [5.41, 5.74) is 0. The molecular formula is C12H19F2N3. The van der Waals surface area contributed by atoms with E-state index >= 15 is 0 Å². The second-order valence-electron chi connectivity index (χ2n) is 3.96. The van der Waals surface area contributed by atoms with Crippen molar-refractivity contribution in [2.75, 3.05) is 24.2 Å². The van der Waals surface area contributed by atoms with Gasteiger partial charge in [0.2, 0.25) is 0 Å². The minimum atomic E-state index is -0.682. The van der Waals surface area contributed by atoms with Crippen LogP contribution >= 0.6 is 0 Å². The highest BCUT2D eigenvalue weighted by Gasteiger charge is 2.11. The summed E-state index contributed by atoms with van der Waals surface area (Å²) in [7, 11) is 1.55. The monoisotopic (exact) mass is 243 g/mol. The Hall–Kier alpha value is -1.39. The summed E-state index contributed by atoms with van der Waals surface area (Å²) in [4.78, 5) is 3.86. The van der Waals surface area contributed by atoms with E-state index in [1.54, 1.807) is 7.05 Å². The predicted octanol–water partition coefficient (Wildman–Crippen LogP) is 3.25. The van der Waals surface area contributed by atoms with E-state index < -0.39 is 11.6 Å². The second kappa shape index (κ2) is 6.37. The summed E-state index contributed by atoms with van der Waals surface area (Å²) >= 11 is 0. The zero-order valence-corrected chi connectivity index (χ0v) is 10.5. The molecule has 0 aliphatic rings. The predicted molar refractivity (Wildman–Crippen MR) is 66.3 cm³/mol. The van der Waals surface area contributed by atoms with Crippen LogP contribution in [0.3, 0.4) is 0 Å². The average Bonchev–Trinajstić information content (AvgIpc) is 2.32. The molecule has 0 fully saturated rings. The fourth-order valence-corrected chi connectivity index (χ4v) is 1.58. The Morgan fingerprint density at radius 3 is 2.29 bits per heavy atom. The molecule has 5 heteroatoms. The number of nitrogens with zero attached hydrogens (tertiary/aromatic N) is 1. The van der Waals surface area contributed by atoms with Crippen molar-refractivity contribution in [2.24, 2.45) is 5.92 Å². The van der Waals surface area contributed by atoms with Crippen LogP contribution in [0.1, 0.15) is 26.7 Å². The number of hydrogen-bond donors (Lipinski definition) is 2. The molecule has 0 aliphatic carbocycles. The highest BCUT2D eigenvalue weighted by Crippen LogP contribution is 2.19. The van der Waals surface area contributed by atoms with Gasteiger partial charge in [0.25, 0.3) is 0 Å². The standard InChI is InChI=1S/C12H19F2N3/c1-4-8(5-2)7-16-12-10(14)6-9(13)11(15-3)17-12/h6,8H,4-5,7H2,1-3H3,(H2,15,16,17). The van der Waals surface area contributed by atoms with Crippen LogP contribution in [0.4, 0.5) is 20.4 Å². The lowest BCUT2D eigenvalue weighted by Gasteiger charge is -2.14. The molecule has 96 valence electrons. The molecule has 3 nitrogen and oxygen atoms in total. The third-order valence-electron chi connectivity index (χ3n) is 2.88. The quantitative estimate of drug-likeness (QED) is 0.805. The van der Waals surface area contributed by atoms with Crippen molar-refractivity contribution < 1.29 is 8.78 Å². The molecule has 0 saturated heterocycles. The summed E-state index contributed by atoms with van der Waals surface area (Å²) in [6.45, 7) is 4.82. The Labute approximate surface area is 101 Å². The number of hydrogen-bond acceptors (Lipinski definition) is 3. The van der Waals surface area contributed by atoms with E-state index in [9.17, 15) is 8.78 Å². The van der Waals surface area contributed by atoms with Crippen molar-refractivity contribution in [3.8, 4) is 0 Å². The van der Waals surface area contributed by atoms with Gasteiger partial charge >= 0.3 is 0 Å². The molecule has 2 N–H and O–H groups in total. The maximum atomic E-state index is 13.4. The van der Waals surface area contributed by atoms with Crippen molar-refractivity contribution >= 4 is 11.6 Å². The normalized spacial score (nSPS) is 10.7. The third-order valence-corrected chi connectivity index (χ3v) is 2.88. The highest BCUT2D eigenvalue weighted by atomic mass is 19.1. The van der Waals surface area contributed by atoms with Gasteiger partial charge in [0.05, 0.1) is 0 Å². The van der Waals surface area contributed by atoms with Gasteiger partial charge in [-0.25, -0.2) is 13.8 Å². The first-order chi connectivity index (χ1) is 8.12. The summed E-state index contributed by atoms with van der Waals surface area (Å²) in [5.74, 6) is -0.717. The third kappa shape index (κ3) is 3.54. The van der Waals surface area contributed by atoms with Crippen LogP contribution in [-0.2, 0) is 0 Å². The minimum absolute atomic E-state index is 0.0541. The molecule has 0 amide bonds. The van der Waals surface area contributed by atoms with E-state index in [1.165, 1.54) is 0 Å². The van der Waals surface area contributed by atoms with Crippen LogP contribution in [0.25, 0.3) is 0 Å². The fraction of sp³-hybridized carbons (Fsp3) is 0.583. The SMILES string of the molecule is CCC(CC)CNc1nc(NC)c(F)cc1F. The minimum Gasteiger partial charge on any atom is -0.371 e. The molecule has 1 aromatic heterocycles. The lowest BCUT2D eigenvalue weighted by atomic mass is 10.0. The van der Waals surface area contributed by atoms with Gasteiger partial charge in [0.1, 0.15) is 0 Å². The summed E-state index contributed by atoms with van der Waals surface area (Å²) in [6.07, 6.45) is 2.04. The topological polar surface area (TPSA) is 37.0 Å². The molecular weight excluding hydrogens is 224 g/mol. The number of anilines is 2. The van der Waals surface area contributed by atoms with E-state index in [-0.39, 0.29) is 11.6 Å². The van der Waals surface area contributed by atoms with Crippen molar-refractivity contribution in [3.63, 3.8) is 0 Å². The van der Waals surface area contributed by atoms with Gasteiger partial charge in [-0.3, -0.25) is 0 Å². The van der Waals surface area contributed by atoms with Crippen molar-refractivity contribution in [1.29, 1.82) is 0 Å². The van der Waals surface area contributed by atoms with Crippen LogP contribution in [0.2, 0.25) is 0 Å². The van der Waals surface area contributed by atoms with Gasteiger partial charge in [0.15, 0.2) is 23.3 Å². The Morgan fingerprint density at radius 2 is 1.76 bits per heavy atom. The van der Waals surface area contributed by atoms with Gasteiger partial charge in [-0.15, -0.1) is 0 Å². The summed E-state index contributed by atoms with van der Waals surface area (Å²) < 4.78 is 26.6. The summed E-state index contributed by atoms with van der Waals surface area (Å²) in [6, 6.07) is 0.841. The maximum absolute atomic E-state index is 13.4. The molecule has 0 atom stereocenters. The number of rotatable bonds is 6. The fourth-order valence-electron chi connectivity index (χ4n) is 1.58. The molecule has 0 aliphatic heterocycles. The first-order valence-corrected chi connectivity index (χ1v) is 5.90. The van der Waals surface area contributed by atoms with Gasteiger partial charge in [-0.1, -0.05) is 26.7 Å². The van der Waals surface area contributed by atoms with Crippen LogP contribution in [0, 0.1) is 17.6 Å². The molecule has 0 spiro atoms. The molecule has 1 aromatic rings. The van der Waals surface area contributed by atoms with Crippen LogP contribution in [0.15, 0.2) is 6.07 Å². The zero-order chi connectivity index (χ0) is 12.8.